The quantitative estimate of drug-likeness (QED) is 0.801. The molecule has 5 heteroatoms. The van der Waals surface area contributed by atoms with Crippen molar-refractivity contribution in [1.29, 1.82) is 0 Å². The van der Waals surface area contributed by atoms with Crippen molar-refractivity contribution >= 4 is 5.91 Å². The Bertz CT molecular complexity index is 856. The normalized spacial score (nSPS) is 27.2. The smallest absolute Gasteiger partial charge is 0.223 e. The number of benzene rings is 2. The summed E-state index contributed by atoms with van der Waals surface area (Å²) in [5.41, 5.74) is 1.28. The van der Waals surface area contributed by atoms with Crippen LogP contribution in [0.3, 0.4) is 0 Å². The molecule has 5 rings (SSSR count). The third-order valence-electron chi connectivity index (χ3n) is 6.38. The lowest BCUT2D eigenvalue weighted by atomic mass is 9.98. The van der Waals surface area contributed by atoms with Crippen LogP contribution in [0.4, 0.5) is 0 Å². The summed E-state index contributed by atoms with van der Waals surface area (Å²) in [5.74, 6) is 2.29. The van der Waals surface area contributed by atoms with Gasteiger partial charge in [-0.3, -0.25) is 9.69 Å². The maximum atomic E-state index is 12.8. The van der Waals surface area contributed by atoms with Crippen LogP contribution in [0.15, 0.2) is 54.6 Å². The number of rotatable bonds is 4. The van der Waals surface area contributed by atoms with Crippen LogP contribution in [0, 0.1) is 0 Å². The number of carbonyl (C=O) groups is 1. The van der Waals surface area contributed by atoms with E-state index in [9.17, 15) is 4.79 Å². The number of carbonyl (C=O) groups excluding carboxylic acids is 1. The molecule has 0 aliphatic carbocycles. The first kappa shape index (κ1) is 18.5. The SMILES string of the molecule is O=C1CC(c2ccccc2)CN1[C@H]1CCCN(C[C@H]2COc3ccccc3O2)C1. The third kappa shape index (κ3) is 3.97. The van der Waals surface area contributed by atoms with Crippen molar-refractivity contribution in [2.24, 2.45) is 0 Å². The third-order valence-corrected chi connectivity index (χ3v) is 6.38. The van der Waals surface area contributed by atoms with Gasteiger partial charge < -0.3 is 14.4 Å². The maximum Gasteiger partial charge on any atom is 0.223 e. The minimum absolute atomic E-state index is 0.0370. The topological polar surface area (TPSA) is 42.0 Å². The van der Waals surface area contributed by atoms with Crippen molar-refractivity contribution in [3.05, 3.63) is 60.2 Å². The predicted molar refractivity (Wildman–Crippen MR) is 111 cm³/mol. The fourth-order valence-electron chi connectivity index (χ4n) is 4.93. The standard InChI is InChI=1S/C24H28N2O3/c27-24-13-19(18-7-2-1-3-8-18)14-26(24)20-9-6-12-25(15-20)16-21-17-28-22-10-4-5-11-23(22)29-21/h1-5,7-8,10-11,19-21H,6,9,12-17H2/t19?,20-,21-/m0/s1. The Morgan fingerprint density at radius 2 is 1.76 bits per heavy atom. The molecular weight excluding hydrogens is 364 g/mol. The Hall–Kier alpha value is -2.53. The van der Waals surface area contributed by atoms with E-state index in [1.54, 1.807) is 0 Å². The predicted octanol–water partition coefficient (Wildman–Crippen LogP) is 3.31. The molecule has 2 aromatic carbocycles. The summed E-state index contributed by atoms with van der Waals surface area (Å²) in [6.45, 7) is 4.25. The van der Waals surface area contributed by atoms with Crippen molar-refractivity contribution in [1.82, 2.24) is 9.80 Å². The minimum Gasteiger partial charge on any atom is -0.486 e. The van der Waals surface area contributed by atoms with Crippen LogP contribution in [-0.4, -0.2) is 60.6 Å². The van der Waals surface area contributed by atoms with Crippen LogP contribution in [0.1, 0.15) is 30.7 Å². The Morgan fingerprint density at radius 1 is 0.966 bits per heavy atom. The Morgan fingerprint density at radius 3 is 2.62 bits per heavy atom. The fraction of sp³-hybridized carbons (Fsp3) is 0.458. The molecule has 0 aromatic heterocycles. The van der Waals surface area contributed by atoms with Gasteiger partial charge in [0.1, 0.15) is 12.7 Å². The number of hydrogen-bond acceptors (Lipinski definition) is 4. The van der Waals surface area contributed by atoms with E-state index < -0.39 is 0 Å². The average Bonchev–Trinajstić information content (AvgIpc) is 3.16. The summed E-state index contributed by atoms with van der Waals surface area (Å²) in [6, 6.07) is 18.6. The van der Waals surface area contributed by atoms with Gasteiger partial charge in [0.25, 0.3) is 0 Å². The van der Waals surface area contributed by atoms with Gasteiger partial charge in [-0.15, -0.1) is 0 Å². The Labute approximate surface area is 172 Å². The van der Waals surface area contributed by atoms with Crippen LogP contribution in [-0.2, 0) is 4.79 Å². The van der Waals surface area contributed by atoms with Gasteiger partial charge in [-0.25, -0.2) is 0 Å². The van der Waals surface area contributed by atoms with Gasteiger partial charge in [0, 0.05) is 38.0 Å². The van der Waals surface area contributed by atoms with Gasteiger partial charge in [-0.2, -0.15) is 0 Å². The Kier molecular flexibility index (Phi) is 5.15. The number of ether oxygens (including phenoxy) is 2. The van der Waals surface area contributed by atoms with Gasteiger partial charge >= 0.3 is 0 Å². The molecule has 152 valence electrons. The summed E-state index contributed by atoms with van der Waals surface area (Å²) in [6.07, 6.45) is 2.88. The summed E-state index contributed by atoms with van der Waals surface area (Å²) in [7, 11) is 0. The van der Waals surface area contributed by atoms with Crippen molar-refractivity contribution < 1.29 is 14.3 Å². The minimum atomic E-state index is 0.0370. The number of amides is 1. The molecule has 5 nitrogen and oxygen atoms in total. The molecule has 3 atom stereocenters. The largest absolute Gasteiger partial charge is 0.486 e. The number of fused-ring (bicyclic) bond motifs is 1. The van der Waals surface area contributed by atoms with Gasteiger partial charge in [-0.1, -0.05) is 42.5 Å². The van der Waals surface area contributed by atoms with E-state index in [0.29, 0.717) is 30.9 Å². The van der Waals surface area contributed by atoms with E-state index >= 15 is 0 Å². The van der Waals surface area contributed by atoms with Crippen molar-refractivity contribution in [2.45, 2.75) is 37.3 Å². The summed E-state index contributed by atoms with van der Waals surface area (Å²) in [5, 5.41) is 0. The zero-order valence-corrected chi connectivity index (χ0v) is 16.7. The number of nitrogens with zero attached hydrogens (tertiary/aromatic N) is 2. The van der Waals surface area contributed by atoms with Crippen LogP contribution in [0.25, 0.3) is 0 Å². The molecule has 2 saturated heterocycles. The molecule has 3 aliphatic rings. The van der Waals surface area contributed by atoms with Crippen LogP contribution in [0.2, 0.25) is 0 Å². The van der Waals surface area contributed by atoms with Crippen molar-refractivity contribution in [3.63, 3.8) is 0 Å². The van der Waals surface area contributed by atoms with Crippen LogP contribution in [0.5, 0.6) is 11.5 Å². The molecule has 1 amide bonds. The average molecular weight is 392 g/mol. The second-order valence-electron chi connectivity index (χ2n) is 8.41. The molecule has 0 saturated carbocycles. The van der Waals surface area contributed by atoms with Crippen molar-refractivity contribution in [2.75, 3.05) is 32.8 Å². The molecule has 0 bridgehead atoms. The van der Waals surface area contributed by atoms with Gasteiger partial charge in [0.15, 0.2) is 11.5 Å². The number of para-hydroxylation sites is 2. The van der Waals surface area contributed by atoms with Crippen molar-refractivity contribution in [3.8, 4) is 11.5 Å². The highest BCUT2D eigenvalue weighted by Crippen LogP contribution is 2.33. The van der Waals surface area contributed by atoms with Crippen LogP contribution < -0.4 is 9.47 Å². The van der Waals surface area contributed by atoms with E-state index in [4.69, 9.17) is 9.47 Å². The zero-order valence-electron chi connectivity index (χ0n) is 16.7. The molecule has 0 spiro atoms. The summed E-state index contributed by atoms with van der Waals surface area (Å²) >= 11 is 0. The Balaban J connectivity index is 1.20. The number of piperidine rings is 1. The zero-order chi connectivity index (χ0) is 19.6. The highest BCUT2D eigenvalue weighted by atomic mass is 16.6. The van der Waals surface area contributed by atoms with E-state index in [2.05, 4.69) is 34.1 Å². The molecule has 3 aliphatic heterocycles. The molecule has 1 unspecified atom stereocenters. The molecule has 2 aromatic rings. The first-order valence-electron chi connectivity index (χ1n) is 10.7. The number of likely N-dealkylation sites (tertiary alicyclic amines) is 2. The lowest BCUT2D eigenvalue weighted by molar-refractivity contribution is -0.130. The van der Waals surface area contributed by atoms with Gasteiger partial charge in [0.05, 0.1) is 0 Å². The molecule has 3 heterocycles. The lowest BCUT2D eigenvalue weighted by Gasteiger charge is -2.39. The molecule has 2 fully saturated rings. The van der Waals surface area contributed by atoms with Crippen LogP contribution >= 0.6 is 0 Å². The monoisotopic (exact) mass is 392 g/mol. The second kappa shape index (κ2) is 8.07. The van der Waals surface area contributed by atoms with Gasteiger partial charge in [-0.05, 0) is 37.1 Å². The van der Waals surface area contributed by atoms with E-state index in [0.717, 1.165) is 50.5 Å². The van der Waals surface area contributed by atoms with E-state index in [1.165, 1.54) is 5.56 Å². The molecular formula is C24H28N2O3. The maximum absolute atomic E-state index is 12.8. The first-order valence-corrected chi connectivity index (χ1v) is 10.7. The lowest BCUT2D eigenvalue weighted by Crippen LogP contribution is -2.51. The fourth-order valence-corrected chi connectivity index (χ4v) is 4.93. The first-order chi connectivity index (χ1) is 14.3. The highest BCUT2D eigenvalue weighted by molar-refractivity contribution is 5.80. The second-order valence-corrected chi connectivity index (χ2v) is 8.41. The molecule has 0 N–H and O–H groups in total. The highest BCUT2D eigenvalue weighted by Gasteiger charge is 2.37. The number of hydrogen-bond donors (Lipinski definition) is 0. The summed E-state index contributed by atoms with van der Waals surface area (Å²) < 4.78 is 12.0. The van der Waals surface area contributed by atoms with E-state index in [-0.39, 0.29) is 6.10 Å². The molecule has 0 radical (unpaired) electrons. The van der Waals surface area contributed by atoms with E-state index in [1.807, 2.05) is 30.3 Å². The summed E-state index contributed by atoms with van der Waals surface area (Å²) in [4.78, 5) is 17.3. The molecule has 29 heavy (non-hydrogen) atoms. The van der Waals surface area contributed by atoms with Gasteiger partial charge in [0.2, 0.25) is 5.91 Å².